The Hall–Kier alpha value is -3.97. The number of amides is 1. The predicted molar refractivity (Wildman–Crippen MR) is 122 cm³/mol. The predicted octanol–water partition coefficient (Wildman–Crippen LogP) is 5.09. The Bertz CT molecular complexity index is 1440. The van der Waals surface area contributed by atoms with Crippen molar-refractivity contribution in [3.63, 3.8) is 0 Å². The topological polar surface area (TPSA) is 81.4 Å². The van der Waals surface area contributed by atoms with Gasteiger partial charge in [0.05, 0.1) is 10.2 Å². The molecule has 0 bridgehead atoms. The van der Waals surface area contributed by atoms with Crippen molar-refractivity contribution in [2.75, 3.05) is 11.9 Å². The molecule has 0 saturated heterocycles. The molecule has 1 amide bonds. The zero-order chi connectivity index (χ0) is 21.2. The highest BCUT2D eigenvalue weighted by Crippen LogP contribution is 2.31. The van der Waals surface area contributed by atoms with Crippen molar-refractivity contribution in [1.82, 2.24) is 4.98 Å². The first-order chi connectivity index (χ1) is 15.1. The second kappa shape index (κ2) is 8.04. The van der Waals surface area contributed by atoms with Gasteiger partial charge >= 0.3 is 5.63 Å². The minimum Gasteiger partial charge on any atom is -0.484 e. The van der Waals surface area contributed by atoms with Gasteiger partial charge in [-0.1, -0.05) is 24.3 Å². The number of carbonyl (C=O) groups excluding carboxylic acids is 1. The van der Waals surface area contributed by atoms with Gasteiger partial charge in [0.2, 0.25) is 0 Å². The Balaban J connectivity index is 1.27. The van der Waals surface area contributed by atoms with E-state index in [1.54, 1.807) is 35.6 Å². The summed E-state index contributed by atoms with van der Waals surface area (Å²) < 4.78 is 11.8. The molecule has 0 saturated carbocycles. The summed E-state index contributed by atoms with van der Waals surface area (Å²) in [5, 5.41) is 4.52. The third-order valence-corrected chi connectivity index (χ3v) is 5.74. The minimum atomic E-state index is -0.435. The van der Waals surface area contributed by atoms with E-state index in [0.717, 1.165) is 26.2 Å². The van der Waals surface area contributed by atoms with E-state index >= 15 is 0 Å². The summed E-state index contributed by atoms with van der Waals surface area (Å²) in [6.45, 7) is -0.173. The number of para-hydroxylation sites is 1. The number of benzene rings is 3. The number of ether oxygens (including phenoxy) is 1. The number of hydrogen-bond donors (Lipinski definition) is 1. The Morgan fingerprint density at radius 3 is 2.77 bits per heavy atom. The highest BCUT2D eigenvalue weighted by Gasteiger charge is 2.09. The number of hydrogen-bond acceptors (Lipinski definition) is 6. The summed E-state index contributed by atoms with van der Waals surface area (Å²) in [6, 6.07) is 23.7. The summed E-state index contributed by atoms with van der Waals surface area (Å²) >= 11 is 1.61. The lowest BCUT2D eigenvalue weighted by Gasteiger charge is -2.09. The van der Waals surface area contributed by atoms with E-state index in [9.17, 15) is 9.59 Å². The van der Waals surface area contributed by atoms with E-state index < -0.39 is 5.63 Å². The van der Waals surface area contributed by atoms with Crippen molar-refractivity contribution in [3.8, 4) is 16.3 Å². The Kier molecular flexibility index (Phi) is 4.93. The fourth-order valence-electron chi connectivity index (χ4n) is 3.20. The standard InChI is InChI=1S/C24H16N2O4S/c27-22(14-29-18-10-8-15-9-11-23(28)30-20(15)13-18)25-17-5-3-4-16(12-17)24-26-19-6-1-2-7-21(19)31-24/h1-13H,14H2,(H,25,27). The Morgan fingerprint density at radius 1 is 1.00 bits per heavy atom. The van der Waals surface area contributed by atoms with E-state index in [0.29, 0.717) is 17.0 Å². The van der Waals surface area contributed by atoms with Crippen molar-refractivity contribution in [1.29, 1.82) is 0 Å². The van der Waals surface area contributed by atoms with Crippen molar-refractivity contribution >= 4 is 44.1 Å². The third-order valence-electron chi connectivity index (χ3n) is 4.65. The lowest BCUT2D eigenvalue weighted by Crippen LogP contribution is -2.20. The molecule has 7 heteroatoms. The summed E-state index contributed by atoms with van der Waals surface area (Å²) in [4.78, 5) is 28.4. The second-order valence-corrected chi connectivity index (χ2v) is 7.89. The number of fused-ring (bicyclic) bond motifs is 2. The lowest BCUT2D eigenvalue weighted by atomic mass is 10.2. The van der Waals surface area contributed by atoms with Crippen molar-refractivity contribution in [3.05, 3.63) is 89.3 Å². The number of rotatable bonds is 5. The number of anilines is 1. The number of nitrogens with zero attached hydrogens (tertiary/aromatic N) is 1. The molecular formula is C24H16N2O4S. The molecular weight excluding hydrogens is 412 g/mol. The molecule has 0 unspecified atom stereocenters. The Labute approximate surface area is 180 Å². The molecule has 1 N–H and O–H groups in total. The maximum absolute atomic E-state index is 12.4. The molecule has 0 fully saturated rings. The molecule has 31 heavy (non-hydrogen) atoms. The molecule has 0 radical (unpaired) electrons. The first-order valence-electron chi connectivity index (χ1n) is 9.57. The van der Waals surface area contributed by atoms with Crippen LogP contribution in [0, 0.1) is 0 Å². The molecule has 5 rings (SSSR count). The number of nitrogens with one attached hydrogen (secondary N) is 1. The van der Waals surface area contributed by atoms with Crippen LogP contribution >= 0.6 is 11.3 Å². The van der Waals surface area contributed by atoms with E-state index in [1.807, 2.05) is 48.5 Å². The van der Waals surface area contributed by atoms with E-state index in [-0.39, 0.29) is 12.5 Å². The lowest BCUT2D eigenvalue weighted by molar-refractivity contribution is -0.118. The van der Waals surface area contributed by atoms with E-state index in [2.05, 4.69) is 10.3 Å². The minimum absolute atomic E-state index is 0.173. The van der Waals surface area contributed by atoms with Gasteiger partial charge in [0, 0.05) is 28.8 Å². The van der Waals surface area contributed by atoms with Crippen LogP contribution in [0.3, 0.4) is 0 Å². The molecule has 2 heterocycles. The molecule has 0 aliphatic rings. The first kappa shape index (κ1) is 19.0. The van der Waals surface area contributed by atoms with Gasteiger partial charge in [-0.3, -0.25) is 4.79 Å². The van der Waals surface area contributed by atoms with Gasteiger partial charge in [-0.2, -0.15) is 0 Å². The summed E-state index contributed by atoms with van der Waals surface area (Å²) in [7, 11) is 0. The number of aromatic nitrogens is 1. The fraction of sp³-hybridized carbons (Fsp3) is 0.0417. The molecule has 0 spiro atoms. The van der Waals surface area contributed by atoms with Crippen molar-refractivity contribution in [2.45, 2.75) is 0 Å². The zero-order valence-corrected chi connectivity index (χ0v) is 17.0. The van der Waals surface area contributed by atoms with Crippen LogP contribution in [-0.2, 0) is 4.79 Å². The van der Waals surface area contributed by atoms with Gasteiger partial charge in [-0.15, -0.1) is 11.3 Å². The summed E-state index contributed by atoms with van der Waals surface area (Å²) in [5.74, 6) is 0.149. The monoisotopic (exact) mass is 428 g/mol. The molecule has 0 atom stereocenters. The normalized spacial score (nSPS) is 11.0. The quantitative estimate of drug-likeness (QED) is 0.395. The van der Waals surface area contributed by atoms with Crippen molar-refractivity contribution in [2.24, 2.45) is 0 Å². The van der Waals surface area contributed by atoms with Gasteiger partial charge in [-0.25, -0.2) is 9.78 Å². The second-order valence-electron chi connectivity index (χ2n) is 6.86. The van der Waals surface area contributed by atoms with Crippen LogP contribution in [-0.4, -0.2) is 17.5 Å². The number of thiazole rings is 1. The van der Waals surface area contributed by atoms with Gasteiger partial charge in [0.25, 0.3) is 5.91 Å². The average Bonchev–Trinajstić information content (AvgIpc) is 3.22. The van der Waals surface area contributed by atoms with Crippen molar-refractivity contribution < 1.29 is 13.9 Å². The molecule has 0 aliphatic heterocycles. The van der Waals surface area contributed by atoms with Crippen LogP contribution in [0.15, 0.2) is 88.1 Å². The van der Waals surface area contributed by atoms with Crippen LogP contribution in [0.2, 0.25) is 0 Å². The van der Waals surface area contributed by atoms with Gasteiger partial charge in [-0.05, 0) is 42.5 Å². The maximum atomic E-state index is 12.4. The van der Waals surface area contributed by atoms with Gasteiger partial charge in [0.15, 0.2) is 6.61 Å². The summed E-state index contributed by atoms with van der Waals surface area (Å²) in [5.41, 5.74) is 2.53. The summed E-state index contributed by atoms with van der Waals surface area (Å²) in [6.07, 6.45) is 0. The molecule has 6 nitrogen and oxygen atoms in total. The largest absolute Gasteiger partial charge is 0.484 e. The zero-order valence-electron chi connectivity index (χ0n) is 16.2. The van der Waals surface area contributed by atoms with Crippen LogP contribution in [0.5, 0.6) is 5.75 Å². The molecule has 5 aromatic rings. The number of carbonyl (C=O) groups is 1. The van der Waals surface area contributed by atoms with Gasteiger partial charge in [0.1, 0.15) is 16.3 Å². The molecule has 152 valence electrons. The third kappa shape index (κ3) is 4.17. The van der Waals surface area contributed by atoms with E-state index in [1.165, 1.54) is 6.07 Å². The average molecular weight is 428 g/mol. The fourth-order valence-corrected chi connectivity index (χ4v) is 4.16. The van der Waals surface area contributed by atoms with Crippen LogP contribution < -0.4 is 15.7 Å². The highest BCUT2D eigenvalue weighted by molar-refractivity contribution is 7.21. The van der Waals surface area contributed by atoms with Gasteiger partial charge < -0.3 is 14.5 Å². The van der Waals surface area contributed by atoms with Crippen LogP contribution in [0.1, 0.15) is 0 Å². The SMILES string of the molecule is O=C(COc1ccc2ccc(=O)oc2c1)Nc1cccc(-c2nc3ccccc3s2)c1. The molecule has 3 aromatic carbocycles. The van der Waals surface area contributed by atoms with Crippen LogP contribution in [0.25, 0.3) is 31.8 Å². The van der Waals surface area contributed by atoms with Crippen LogP contribution in [0.4, 0.5) is 5.69 Å². The maximum Gasteiger partial charge on any atom is 0.336 e. The Morgan fingerprint density at radius 2 is 1.87 bits per heavy atom. The highest BCUT2D eigenvalue weighted by atomic mass is 32.1. The van der Waals surface area contributed by atoms with E-state index in [4.69, 9.17) is 9.15 Å². The molecule has 2 aromatic heterocycles. The smallest absolute Gasteiger partial charge is 0.336 e. The first-order valence-corrected chi connectivity index (χ1v) is 10.4. The molecule has 0 aliphatic carbocycles.